The molecule has 0 atom stereocenters. The van der Waals surface area contributed by atoms with Gasteiger partial charge in [-0.05, 0) is 18.2 Å². The van der Waals surface area contributed by atoms with Crippen molar-refractivity contribution in [3.05, 3.63) is 111 Å². The van der Waals surface area contributed by atoms with Gasteiger partial charge in [-0.3, -0.25) is 9.59 Å². The summed E-state index contributed by atoms with van der Waals surface area (Å²) in [5, 5.41) is 0.547. The molecule has 0 aliphatic carbocycles. The van der Waals surface area contributed by atoms with Gasteiger partial charge >= 0.3 is 0 Å². The molecule has 0 spiro atoms. The van der Waals surface area contributed by atoms with Crippen molar-refractivity contribution in [3.8, 4) is 0 Å². The molecule has 2 aliphatic rings. The Morgan fingerprint density at radius 1 is 0.714 bits per heavy atom. The number of carbonyl (C=O) groups is 2. The lowest BCUT2D eigenvalue weighted by Gasteiger charge is -2.38. The van der Waals surface area contributed by atoms with Gasteiger partial charge in [-0.25, -0.2) is 4.90 Å². The molecular formula is C27H23Cl3N3O2+. The summed E-state index contributed by atoms with van der Waals surface area (Å²) in [5.74, 6) is -0.990. The smallest absolute Gasteiger partial charge is 0.283 e. The van der Waals surface area contributed by atoms with Crippen molar-refractivity contribution in [1.82, 2.24) is 4.90 Å². The zero-order valence-electron chi connectivity index (χ0n) is 18.8. The molecule has 8 heteroatoms. The number of halogens is 3. The van der Waals surface area contributed by atoms with Crippen molar-refractivity contribution >= 4 is 52.3 Å². The monoisotopic (exact) mass is 526 g/mol. The SMILES string of the molecule is O=C1C(Cl)=C(N2CC[NH+](C(c3ccccc3)c3ccccc3)CC2)C(=O)N1c1ccc(Cl)c(Cl)c1. The molecule has 3 aromatic rings. The predicted molar refractivity (Wildman–Crippen MR) is 139 cm³/mol. The van der Waals surface area contributed by atoms with E-state index >= 15 is 0 Å². The van der Waals surface area contributed by atoms with E-state index in [1.807, 2.05) is 17.0 Å². The lowest BCUT2D eigenvalue weighted by Crippen LogP contribution is -3.15. The average Bonchev–Trinajstić information content (AvgIpc) is 3.11. The summed E-state index contributed by atoms with van der Waals surface area (Å²) in [7, 11) is 0. The van der Waals surface area contributed by atoms with Crippen LogP contribution in [-0.4, -0.2) is 42.9 Å². The zero-order valence-corrected chi connectivity index (χ0v) is 21.0. The van der Waals surface area contributed by atoms with Crippen LogP contribution in [-0.2, 0) is 9.59 Å². The molecule has 0 saturated carbocycles. The van der Waals surface area contributed by atoms with Crippen LogP contribution in [0.25, 0.3) is 0 Å². The number of anilines is 1. The van der Waals surface area contributed by atoms with E-state index in [4.69, 9.17) is 34.8 Å². The van der Waals surface area contributed by atoms with Crippen LogP contribution in [0.3, 0.4) is 0 Å². The summed E-state index contributed by atoms with van der Waals surface area (Å²) in [6.07, 6.45) is 0. The third kappa shape index (κ3) is 4.57. The number of quaternary nitrogens is 1. The van der Waals surface area contributed by atoms with Gasteiger partial charge in [-0.15, -0.1) is 0 Å². The summed E-state index contributed by atoms with van der Waals surface area (Å²) in [4.78, 5) is 30.6. The Bertz CT molecular complexity index is 1250. The third-order valence-electron chi connectivity index (χ3n) is 6.56. The fraction of sp³-hybridized carbons (Fsp3) is 0.185. The first-order valence-electron chi connectivity index (χ1n) is 11.4. The quantitative estimate of drug-likeness (QED) is 0.503. The highest BCUT2D eigenvalue weighted by Gasteiger charge is 2.43. The molecule has 0 radical (unpaired) electrons. The van der Waals surface area contributed by atoms with Crippen molar-refractivity contribution in [2.75, 3.05) is 31.1 Å². The van der Waals surface area contributed by atoms with E-state index in [1.54, 1.807) is 12.1 Å². The van der Waals surface area contributed by atoms with E-state index in [1.165, 1.54) is 22.1 Å². The van der Waals surface area contributed by atoms with E-state index in [0.29, 0.717) is 23.8 Å². The first-order valence-corrected chi connectivity index (χ1v) is 12.5. The van der Waals surface area contributed by atoms with Crippen molar-refractivity contribution in [3.63, 3.8) is 0 Å². The molecule has 1 fully saturated rings. The topological polar surface area (TPSA) is 45.1 Å². The largest absolute Gasteiger partial charge is 0.354 e. The summed E-state index contributed by atoms with van der Waals surface area (Å²) in [5.41, 5.74) is 3.09. The maximum Gasteiger partial charge on any atom is 0.283 e. The Labute approximate surface area is 219 Å². The minimum atomic E-state index is -0.550. The highest BCUT2D eigenvalue weighted by Crippen LogP contribution is 2.34. The van der Waals surface area contributed by atoms with Gasteiger partial charge in [0.15, 0.2) is 0 Å². The summed E-state index contributed by atoms with van der Waals surface area (Å²) >= 11 is 18.5. The number of piperazine rings is 1. The Hall–Kier alpha value is -2.83. The number of rotatable bonds is 5. The normalized spacial score (nSPS) is 17.1. The minimum absolute atomic E-state index is 0.0628. The third-order valence-corrected chi connectivity index (χ3v) is 7.64. The second-order valence-corrected chi connectivity index (χ2v) is 9.80. The number of hydrogen-bond acceptors (Lipinski definition) is 3. The molecule has 0 unspecified atom stereocenters. The number of benzene rings is 3. The van der Waals surface area contributed by atoms with E-state index in [2.05, 4.69) is 48.5 Å². The minimum Gasteiger partial charge on any atom is -0.354 e. The first kappa shape index (κ1) is 23.9. The molecule has 0 aromatic heterocycles. The van der Waals surface area contributed by atoms with E-state index in [-0.39, 0.29) is 21.8 Å². The Balaban J connectivity index is 1.36. The Morgan fingerprint density at radius 2 is 1.29 bits per heavy atom. The molecule has 178 valence electrons. The molecule has 5 nitrogen and oxygen atoms in total. The lowest BCUT2D eigenvalue weighted by molar-refractivity contribution is -0.929. The van der Waals surface area contributed by atoms with Gasteiger partial charge in [-0.1, -0.05) is 95.5 Å². The molecule has 3 aromatic carbocycles. The fourth-order valence-electron chi connectivity index (χ4n) is 4.89. The van der Waals surface area contributed by atoms with Gasteiger partial charge in [0.05, 0.1) is 41.9 Å². The summed E-state index contributed by atoms with van der Waals surface area (Å²) in [6.45, 7) is 2.78. The maximum atomic E-state index is 13.3. The molecule has 2 amide bonds. The Morgan fingerprint density at radius 3 is 1.83 bits per heavy atom. The number of amides is 2. The van der Waals surface area contributed by atoms with Crippen molar-refractivity contribution in [2.24, 2.45) is 0 Å². The van der Waals surface area contributed by atoms with E-state index < -0.39 is 11.8 Å². The average molecular weight is 528 g/mol. The molecule has 35 heavy (non-hydrogen) atoms. The number of imide groups is 1. The molecule has 2 aliphatic heterocycles. The van der Waals surface area contributed by atoms with Crippen molar-refractivity contribution in [1.29, 1.82) is 0 Å². The second kappa shape index (κ2) is 10.0. The van der Waals surface area contributed by atoms with Crippen LogP contribution in [0.5, 0.6) is 0 Å². The number of hydrogen-bond donors (Lipinski definition) is 1. The van der Waals surface area contributed by atoms with Gasteiger partial charge < -0.3 is 9.80 Å². The fourth-order valence-corrected chi connectivity index (χ4v) is 5.46. The van der Waals surface area contributed by atoms with Crippen molar-refractivity contribution in [2.45, 2.75) is 6.04 Å². The van der Waals surface area contributed by atoms with Gasteiger partial charge in [0.1, 0.15) is 16.8 Å². The molecule has 2 heterocycles. The molecule has 1 saturated heterocycles. The van der Waals surface area contributed by atoms with Crippen LogP contribution in [0, 0.1) is 0 Å². The standard InChI is InChI=1S/C27H22Cl3N3O2/c28-21-12-11-20(17-22(21)29)33-26(34)23(30)25(27(33)35)32-15-13-31(14-16-32)24(18-7-3-1-4-8-18)19-9-5-2-6-10-19/h1-12,17,24H,13-16H2/p+1. The second-order valence-electron chi connectivity index (χ2n) is 8.61. The van der Waals surface area contributed by atoms with Crippen LogP contribution >= 0.6 is 34.8 Å². The summed E-state index contributed by atoms with van der Waals surface area (Å²) < 4.78 is 0. The Kier molecular flexibility index (Phi) is 6.85. The van der Waals surface area contributed by atoms with Gasteiger partial charge in [0.25, 0.3) is 11.8 Å². The lowest BCUT2D eigenvalue weighted by atomic mass is 9.96. The summed E-state index contributed by atoms with van der Waals surface area (Å²) in [6, 6.07) is 25.7. The van der Waals surface area contributed by atoms with E-state index in [9.17, 15) is 9.59 Å². The highest BCUT2D eigenvalue weighted by atomic mass is 35.5. The highest BCUT2D eigenvalue weighted by molar-refractivity contribution is 6.52. The molecule has 1 N–H and O–H groups in total. The van der Waals surface area contributed by atoms with Crippen LogP contribution in [0.1, 0.15) is 17.2 Å². The maximum absolute atomic E-state index is 13.3. The number of carbonyl (C=O) groups excluding carboxylic acids is 2. The number of nitrogens with zero attached hydrogens (tertiary/aromatic N) is 2. The first-order chi connectivity index (χ1) is 17.0. The van der Waals surface area contributed by atoms with Crippen LogP contribution in [0.4, 0.5) is 5.69 Å². The van der Waals surface area contributed by atoms with Gasteiger partial charge in [-0.2, -0.15) is 0 Å². The molecular weight excluding hydrogens is 505 g/mol. The van der Waals surface area contributed by atoms with Gasteiger partial charge in [0.2, 0.25) is 0 Å². The number of nitrogens with one attached hydrogen (secondary N) is 1. The van der Waals surface area contributed by atoms with Crippen LogP contribution in [0.15, 0.2) is 89.6 Å². The molecule has 0 bridgehead atoms. The van der Waals surface area contributed by atoms with Crippen LogP contribution in [0.2, 0.25) is 10.0 Å². The van der Waals surface area contributed by atoms with E-state index in [0.717, 1.165) is 18.0 Å². The van der Waals surface area contributed by atoms with Crippen molar-refractivity contribution < 1.29 is 14.5 Å². The molecule has 5 rings (SSSR count). The van der Waals surface area contributed by atoms with Crippen LogP contribution < -0.4 is 9.80 Å². The zero-order chi connectivity index (χ0) is 24.5. The predicted octanol–water partition coefficient (Wildman–Crippen LogP) is 4.31. The van der Waals surface area contributed by atoms with Gasteiger partial charge in [0, 0.05) is 11.1 Å².